The van der Waals surface area contributed by atoms with Crippen LogP contribution in [0.3, 0.4) is 0 Å². The van der Waals surface area contributed by atoms with Crippen LogP contribution in [-0.4, -0.2) is 16.4 Å². The Labute approximate surface area is 87.7 Å². The lowest BCUT2D eigenvalue weighted by Crippen LogP contribution is -2.05. The fourth-order valence-electron chi connectivity index (χ4n) is 1.54. The summed E-state index contributed by atoms with van der Waals surface area (Å²) in [6.45, 7) is 2.71. The zero-order chi connectivity index (χ0) is 10.1. The highest BCUT2D eigenvalue weighted by Gasteiger charge is 2.09. The largest absolute Gasteiger partial charge is 0.314 e. The van der Waals surface area contributed by atoms with Gasteiger partial charge in [0.25, 0.3) is 0 Å². The highest BCUT2D eigenvalue weighted by Crippen LogP contribution is 2.19. The van der Waals surface area contributed by atoms with E-state index in [-0.39, 0.29) is 0 Å². The first-order valence-corrected chi connectivity index (χ1v) is 4.89. The van der Waals surface area contributed by atoms with Gasteiger partial charge in [0, 0.05) is 12.2 Å². The van der Waals surface area contributed by atoms with E-state index in [0.717, 1.165) is 17.0 Å². The summed E-state index contributed by atoms with van der Waals surface area (Å²) in [5, 5.41) is 3.75. The van der Waals surface area contributed by atoms with Gasteiger partial charge < -0.3 is 5.32 Å². The number of nitrogens with zero attached hydrogens (tertiary/aromatic N) is 2. The van der Waals surface area contributed by atoms with Gasteiger partial charge in [-0.25, -0.2) is 4.98 Å². The summed E-state index contributed by atoms with van der Waals surface area (Å²) in [6, 6.07) is 5.96. The molecule has 4 heteroatoms. The predicted molar refractivity (Wildman–Crippen MR) is 57.7 cm³/mol. The van der Waals surface area contributed by atoms with Crippen LogP contribution in [0.2, 0.25) is 5.15 Å². The molecule has 0 atom stereocenters. The molecule has 0 aliphatic rings. The van der Waals surface area contributed by atoms with E-state index in [2.05, 4.69) is 10.3 Å². The van der Waals surface area contributed by atoms with Gasteiger partial charge in [0.05, 0.1) is 5.69 Å². The fourth-order valence-corrected chi connectivity index (χ4v) is 1.87. The summed E-state index contributed by atoms with van der Waals surface area (Å²) >= 11 is 6.20. The lowest BCUT2D eigenvalue weighted by atomic mass is 10.4. The van der Waals surface area contributed by atoms with Crippen LogP contribution in [0.15, 0.2) is 18.2 Å². The smallest absolute Gasteiger partial charge is 0.138 e. The molecule has 3 nitrogen and oxygen atoms in total. The van der Waals surface area contributed by atoms with Crippen LogP contribution >= 0.6 is 11.6 Å². The molecule has 14 heavy (non-hydrogen) atoms. The first-order chi connectivity index (χ1) is 6.74. The molecule has 2 aromatic rings. The number of halogens is 1. The van der Waals surface area contributed by atoms with Crippen molar-refractivity contribution < 1.29 is 0 Å². The van der Waals surface area contributed by atoms with Crippen molar-refractivity contribution in [2.24, 2.45) is 0 Å². The first kappa shape index (κ1) is 9.49. The predicted octanol–water partition coefficient (Wildman–Crippen LogP) is 2.02. The van der Waals surface area contributed by atoms with Crippen molar-refractivity contribution in [3.05, 3.63) is 34.7 Å². The molecule has 2 rings (SSSR count). The Hall–Kier alpha value is -1.06. The summed E-state index contributed by atoms with van der Waals surface area (Å²) in [5.74, 6) is 0. The number of fused-ring (bicyclic) bond motifs is 1. The van der Waals surface area contributed by atoms with E-state index in [1.54, 1.807) is 0 Å². The van der Waals surface area contributed by atoms with Crippen LogP contribution in [0.25, 0.3) is 5.65 Å². The van der Waals surface area contributed by atoms with Crippen LogP contribution in [-0.2, 0) is 6.54 Å². The number of nitrogens with one attached hydrogen (secondary N) is 1. The average molecular weight is 210 g/mol. The second kappa shape index (κ2) is 3.59. The fraction of sp³-hybridized carbons (Fsp3) is 0.300. The average Bonchev–Trinajstić information content (AvgIpc) is 2.46. The Morgan fingerprint density at radius 3 is 2.93 bits per heavy atom. The van der Waals surface area contributed by atoms with Crippen molar-refractivity contribution in [1.82, 2.24) is 14.7 Å². The standard InChI is InChI=1S/C10H12ClN3/c1-7-4-3-5-9-13-8(6-12-2)10(11)14(7)9/h3-5,12H,6H2,1-2H3. The Bertz CT molecular complexity index is 462. The molecule has 0 radical (unpaired) electrons. The topological polar surface area (TPSA) is 29.3 Å². The van der Waals surface area contributed by atoms with Crippen LogP contribution in [0, 0.1) is 6.92 Å². The lowest BCUT2D eigenvalue weighted by Gasteiger charge is -1.99. The molecule has 0 unspecified atom stereocenters. The molecule has 0 aliphatic heterocycles. The van der Waals surface area contributed by atoms with E-state index in [1.807, 2.05) is 36.6 Å². The summed E-state index contributed by atoms with van der Waals surface area (Å²) in [7, 11) is 1.88. The van der Waals surface area contributed by atoms with Crippen LogP contribution in [0.4, 0.5) is 0 Å². The van der Waals surface area contributed by atoms with Gasteiger partial charge in [-0.3, -0.25) is 4.40 Å². The molecule has 0 aromatic carbocycles. The summed E-state index contributed by atoms with van der Waals surface area (Å²) in [6.07, 6.45) is 0. The van der Waals surface area contributed by atoms with E-state index in [0.29, 0.717) is 11.7 Å². The molecule has 0 spiro atoms. The molecular weight excluding hydrogens is 198 g/mol. The highest BCUT2D eigenvalue weighted by atomic mass is 35.5. The van der Waals surface area contributed by atoms with Gasteiger partial charge >= 0.3 is 0 Å². The Balaban J connectivity index is 2.68. The van der Waals surface area contributed by atoms with E-state index in [1.165, 1.54) is 0 Å². The van der Waals surface area contributed by atoms with Crippen molar-refractivity contribution in [1.29, 1.82) is 0 Å². The molecule has 2 heterocycles. The SMILES string of the molecule is CNCc1nc2cccc(C)n2c1Cl. The molecule has 0 saturated heterocycles. The van der Waals surface area contributed by atoms with Crippen molar-refractivity contribution in [2.45, 2.75) is 13.5 Å². The van der Waals surface area contributed by atoms with Gasteiger partial charge in [-0.05, 0) is 26.1 Å². The second-order valence-electron chi connectivity index (χ2n) is 3.24. The van der Waals surface area contributed by atoms with Gasteiger partial charge in [-0.2, -0.15) is 0 Å². The number of aryl methyl sites for hydroxylation is 1. The third-order valence-electron chi connectivity index (χ3n) is 2.19. The number of rotatable bonds is 2. The van der Waals surface area contributed by atoms with Crippen molar-refractivity contribution >= 4 is 17.2 Å². The quantitative estimate of drug-likeness (QED) is 0.820. The minimum Gasteiger partial charge on any atom is -0.314 e. The number of imidazole rings is 1. The minimum absolute atomic E-state index is 0.694. The van der Waals surface area contributed by atoms with Gasteiger partial charge in [0.15, 0.2) is 0 Å². The molecule has 2 aromatic heterocycles. The molecule has 74 valence electrons. The molecule has 0 aliphatic carbocycles. The third kappa shape index (κ3) is 1.38. The van der Waals surface area contributed by atoms with E-state index in [4.69, 9.17) is 11.6 Å². The number of hydrogen-bond acceptors (Lipinski definition) is 2. The lowest BCUT2D eigenvalue weighted by molar-refractivity contribution is 0.798. The van der Waals surface area contributed by atoms with Gasteiger partial charge in [-0.15, -0.1) is 0 Å². The minimum atomic E-state index is 0.694. The molecule has 0 amide bonds. The third-order valence-corrected chi connectivity index (χ3v) is 2.58. The Kier molecular flexibility index (Phi) is 2.44. The maximum atomic E-state index is 6.20. The van der Waals surface area contributed by atoms with Crippen LogP contribution < -0.4 is 5.32 Å². The van der Waals surface area contributed by atoms with E-state index in [9.17, 15) is 0 Å². The highest BCUT2D eigenvalue weighted by molar-refractivity contribution is 6.30. The number of hydrogen-bond donors (Lipinski definition) is 1. The normalized spacial score (nSPS) is 11.1. The number of pyridine rings is 1. The molecule has 0 bridgehead atoms. The number of aromatic nitrogens is 2. The van der Waals surface area contributed by atoms with Gasteiger partial charge in [0.1, 0.15) is 10.8 Å². The van der Waals surface area contributed by atoms with E-state index < -0.39 is 0 Å². The maximum absolute atomic E-state index is 6.20. The molecule has 0 fully saturated rings. The molecule has 1 N–H and O–H groups in total. The Morgan fingerprint density at radius 2 is 2.29 bits per heavy atom. The van der Waals surface area contributed by atoms with Crippen molar-refractivity contribution in [3.8, 4) is 0 Å². The zero-order valence-corrected chi connectivity index (χ0v) is 8.97. The van der Waals surface area contributed by atoms with Crippen LogP contribution in [0.1, 0.15) is 11.4 Å². The van der Waals surface area contributed by atoms with Crippen LogP contribution in [0.5, 0.6) is 0 Å². The van der Waals surface area contributed by atoms with Gasteiger partial charge in [0.2, 0.25) is 0 Å². The Morgan fingerprint density at radius 1 is 1.50 bits per heavy atom. The first-order valence-electron chi connectivity index (χ1n) is 4.51. The summed E-state index contributed by atoms with van der Waals surface area (Å²) in [5.41, 5.74) is 2.89. The zero-order valence-electron chi connectivity index (χ0n) is 8.21. The summed E-state index contributed by atoms with van der Waals surface area (Å²) in [4.78, 5) is 4.43. The van der Waals surface area contributed by atoms with Crippen molar-refractivity contribution in [3.63, 3.8) is 0 Å². The summed E-state index contributed by atoms with van der Waals surface area (Å²) < 4.78 is 1.95. The van der Waals surface area contributed by atoms with Gasteiger partial charge in [-0.1, -0.05) is 17.7 Å². The monoisotopic (exact) mass is 209 g/mol. The maximum Gasteiger partial charge on any atom is 0.138 e. The second-order valence-corrected chi connectivity index (χ2v) is 3.60. The van der Waals surface area contributed by atoms with Crippen molar-refractivity contribution in [2.75, 3.05) is 7.05 Å². The van der Waals surface area contributed by atoms with E-state index >= 15 is 0 Å². The molecule has 0 saturated carbocycles. The molecular formula is C10H12ClN3.